The molecule has 0 aliphatic carbocycles. The average molecular weight is 376 g/mol. The number of esters is 2. The largest absolute Gasteiger partial charge is 0.478 e. The van der Waals surface area contributed by atoms with Crippen LogP contribution in [0.5, 0.6) is 11.5 Å². The molecule has 140 valence electrons. The van der Waals surface area contributed by atoms with Crippen LogP contribution < -0.4 is 9.47 Å². The van der Waals surface area contributed by atoms with Crippen molar-refractivity contribution >= 4 is 28.7 Å². The lowest BCUT2D eigenvalue weighted by molar-refractivity contribution is -0.130. The summed E-state index contributed by atoms with van der Waals surface area (Å²) < 4.78 is 10.5. The van der Waals surface area contributed by atoms with Gasteiger partial charge >= 0.3 is 17.9 Å². The van der Waals surface area contributed by atoms with Gasteiger partial charge in [0.2, 0.25) is 0 Å². The second kappa shape index (κ2) is 7.75. The molecule has 3 aromatic rings. The molecule has 0 spiro atoms. The van der Waals surface area contributed by atoms with Crippen LogP contribution >= 0.6 is 0 Å². The minimum atomic E-state index is -1.05. The molecular weight excluding hydrogens is 360 g/mol. The van der Waals surface area contributed by atoms with E-state index in [4.69, 9.17) is 14.6 Å². The van der Waals surface area contributed by atoms with Crippen molar-refractivity contribution < 1.29 is 29.0 Å². The predicted molar refractivity (Wildman–Crippen MR) is 103 cm³/mol. The average Bonchev–Trinajstić information content (AvgIpc) is 2.67. The molecule has 0 fully saturated rings. The highest BCUT2D eigenvalue weighted by molar-refractivity contribution is 5.97. The van der Waals surface area contributed by atoms with Gasteiger partial charge in [0.25, 0.3) is 0 Å². The normalized spacial score (nSPS) is 10.3. The SMILES string of the molecule is C=C(C)C(=O)Oc1ccc2cc(C(=O)Oc3ccc(C(=O)O)cc3)ccc2c1. The van der Waals surface area contributed by atoms with E-state index in [1.165, 1.54) is 24.3 Å². The molecule has 0 saturated carbocycles. The maximum absolute atomic E-state index is 12.3. The van der Waals surface area contributed by atoms with Crippen LogP contribution in [0.25, 0.3) is 10.8 Å². The smallest absolute Gasteiger partial charge is 0.343 e. The number of aromatic carboxylic acids is 1. The topological polar surface area (TPSA) is 89.9 Å². The summed E-state index contributed by atoms with van der Waals surface area (Å²) in [6.07, 6.45) is 0. The van der Waals surface area contributed by atoms with Gasteiger partial charge in [0.1, 0.15) is 11.5 Å². The summed E-state index contributed by atoms with van der Waals surface area (Å²) in [5.74, 6) is -1.50. The zero-order chi connectivity index (χ0) is 20.3. The van der Waals surface area contributed by atoms with Crippen LogP contribution in [-0.2, 0) is 4.79 Å². The molecule has 0 bridgehead atoms. The highest BCUT2D eigenvalue weighted by atomic mass is 16.5. The molecule has 0 heterocycles. The molecule has 0 saturated heterocycles. The summed E-state index contributed by atoms with van der Waals surface area (Å²) in [5.41, 5.74) is 0.740. The van der Waals surface area contributed by atoms with Crippen LogP contribution in [0.2, 0.25) is 0 Å². The van der Waals surface area contributed by atoms with Gasteiger partial charge in [0.05, 0.1) is 11.1 Å². The van der Waals surface area contributed by atoms with E-state index < -0.39 is 17.9 Å². The number of carbonyl (C=O) groups excluding carboxylic acids is 2. The molecule has 3 rings (SSSR count). The molecule has 3 aromatic carbocycles. The summed E-state index contributed by atoms with van der Waals surface area (Å²) in [6, 6.07) is 15.6. The van der Waals surface area contributed by atoms with Crippen LogP contribution in [0, 0.1) is 0 Å². The van der Waals surface area contributed by atoms with E-state index in [-0.39, 0.29) is 11.3 Å². The third-order valence-electron chi connectivity index (χ3n) is 3.92. The number of hydrogen-bond acceptors (Lipinski definition) is 5. The summed E-state index contributed by atoms with van der Waals surface area (Å²) in [7, 11) is 0. The maximum atomic E-state index is 12.3. The van der Waals surface area contributed by atoms with E-state index in [9.17, 15) is 14.4 Å². The summed E-state index contributed by atoms with van der Waals surface area (Å²) >= 11 is 0. The van der Waals surface area contributed by atoms with Crippen molar-refractivity contribution in [2.75, 3.05) is 0 Å². The van der Waals surface area contributed by atoms with Crippen LogP contribution in [-0.4, -0.2) is 23.0 Å². The van der Waals surface area contributed by atoms with E-state index >= 15 is 0 Å². The highest BCUT2D eigenvalue weighted by Gasteiger charge is 2.11. The minimum Gasteiger partial charge on any atom is -0.478 e. The number of rotatable bonds is 5. The monoisotopic (exact) mass is 376 g/mol. The molecule has 0 atom stereocenters. The van der Waals surface area contributed by atoms with Crippen LogP contribution in [0.15, 0.2) is 72.8 Å². The molecular formula is C22H16O6. The molecule has 6 heteroatoms. The third-order valence-corrected chi connectivity index (χ3v) is 3.92. The first-order valence-corrected chi connectivity index (χ1v) is 8.30. The van der Waals surface area contributed by atoms with E-state index in [1.807, 2.05) is 0 Å². The number of fused-ring (bicyclic) bond motifs is 1. The Morgan fingerprint density at radius 2 is 1.36 bits per heavy atom. The molecule has 0 amide bonds. The van der Waals surface area contributed by atoms with Crippen molar-refractivity contribution in [2.24, 2.45) is 0 Å². The van der Waals surface area contributed by atoms with E-state index in [0.29, 0.717) is 16.9 Å². The van der Waals surface area contributed by atoms with Crippen molar-refractivity contribution in [3.05, 3.63) is 83.9 Å². The molecule has 0 aliphatic heterocycles. The number of ether oxygens (including phenoxy) is 2. The van der Waals surface area contributed by atoms with E-state index in [2.05, 4.69) is 6.58 Å². The van der Waals surface area contributed by atoms with Crippen molar-refractivity contribution in [2.45, 2.75) is 6.92 Å². The first kappa shape index (κ1) is 18.8. The van der Waals surface area contributed by atoms with Gasteiger partial charge in [-0.05, 0) is 66.2 Å². The van der Waals surface area contributed by atoms with Gasteiger partial charge in [-0.1, -0.05) is 18.7 Å². The summed E-state index contributed by atoms with van der Waals surface area (Å²) in [5, 5.41) is 10.4. The highest BCUT2D eigenvalue weighted by Crippen LogP contribution is 2.23. The van der Waals surface area contributed by atoms with Gasteiger partial charge in [-0.2, -0.15) is 0 Å². The lowest BCUT2D eigenvalue weighted by atomic mass is 10.1. The van der Waals surface area contributed by atoms with Gasteiger partial charge in [0.15, 0.2) is 0 Å². The Kier molecular flexibility index (Phi) is 5.22. The Morgan fingerprint density at radius 3 is 2.00 bits per heavy atom. The molecule has 0 unspecified atom stereocenters. The molecule has 6 nitrogen and oxygen atoms in total. The van der Waals surface area contributed by atoms with Gasteiger partial charge in [-0.3, -0.25) is 0 Å². The molecule has 1 N–H and O–H groups in total. The Hall–Kier alpha value is -3.93. The Bertz CT molecular complexity index is 1100. The minimum absolute atomic E-state index is 0.105. The first-order chi connectivity index (χ1) is 13.3. The lowest BCUT2D eigenvalue weighted by Gasteiger charge is -2.08. The Balaban J connectivity index is 1.77. The fourth-order valence-electron chi connectivity index (χ4n) is 2.44. The maximum Gasteiger partial charge on any atom is 0.343 e. The predicted octanol–water partition coefficient (Wildman–Crippen LogP) is 4.24. The Morgan fingerprint density at radius 1 is 0.786 bits per heavy atom. The van der Waals surface area contributed by atoms with Crippen LogP contribution in [0.4, 0.5) is 0 Å². The van der Waals surface area contributed by atoms with Crippen molar-refractivity contribution in [3.8, 4) is 11.5 Å². The second-order valence-corrected chi connectivity index (χ2v) is 6.11. The standard InChI is InChI=1S/C22H16O6/c1-13(2)21(25)28-19-10-7-15-11-17(4-3-16(15)12-19)22(26)27-18-8-5-14(6-9-18)20(23)24/h3-12H,1H2,2H3,(H,23,24). The molecule has 0 aliphatic rings. The van der Waals surface area contributed by atoms with Crippen molar-refractivity contribution in [1.82, 2.24) is 0 Å². The fraction of sp³-hybridized carbons (Fsp3) is 0.0455. The number of hydrogen-bond donors (Lipinski definition) is 1. The van der Waals surface area contributed by atoms with Gasteiger partial charge in [-0.15, -0.1) is 0 Å². The fourth-order valence-corrected chi connectivity index (χ4v) is 2.44. The van der Waals surface area contributed by atoms with Crippen LogP contribution in [0.3, 0.4) is 0 Å². The van der Waals surface area contributed by atoms with E-state index in [1.54, 1.807) is 43.3 Å². The Labute approximate surface area is 160 Å². The van der Waals surface area contributed by atoms with Crippen molar-refractivity contribution in [1.29, 1.82) is 0 Å². The lowest BCUT2D eigenvalue weighted by Crippen LogP contribution is -2.09. The zero-order valence-electron chi connectivity index (χ0n) is 15.0. The van der Waals surface area contributed by atoms with Crippen molar-refractivity contribution in [3.63, 3.8) is 0 Å². The molecule has 0 radical (unpaired) electrons. The number of carboxylic acids is 1. The van der Waals surface area contributed by atoms with Gasteiger partial charge in [0, 0.05) is 5.57 Å². The number of carboxylic acid groups (broad SMARTS) is 1. The molecule has 0 aromatic heterocycles. The quantitative estimate of drug-likeness (QED) is 0.407. The van der Waals surface area contributed by atoms with Gasteiger partial charge in [-0.25, -0.2) is 14.4 Å². The second-order valence-electron chi connectivity index (χ2n) is 6.11. The van der Waals surface area contributed by atoms with E-state index in [0.717, 1.165) is 10.8 Å². The number of benzene rings is 3. The third kappa shape index (κ3) is 4.24. The number of carbonyl (C=O) groups is 3. The van der Waals surface area contributed by atoms with Gasteiger partial charge < -0.3 is 14.6 Å². The molecule has 28 heavy (non-hydrogen) atoms. The zero-order valence-corrected chi connectivity index (χ0v) is 15.0. The summed E-state index contributed by atoms with van der Waals surface area (Å²) in [4.78, 5) is 34.8. The first-order valence-electron chi connectivity index (χ1n) is 8.30. The van der Waals surface area contributed by atoms with Crippen LogP contribution in [0.1, 0.15) is 27.6 Å². The summed E-state index contributed by atoms with van der Waals surface area (Å²) in [6.45, 7) is 5.10.